The fourth-order valence-corrected chi connectivity index (χ4v) is 5.01. The molecule has 2 aromatic carbocycles. The highest BCUT2D eigenvalue weighted by molar-refractivity contribution is 9.10. The summed E-state index contributed by atoms with van der Waals surface area (Å²) in [4.78, 5) is 27.4. The van der Waals surface area contributed by atoms with Crippen molar-refractivity contribution in [3.8, 4) is 0 Å². The van der Waals surface area contributed by atoms with Crippen LogP contribution in [0.3, 0.4) is 0 Å². The summed E-state index contributed by atoms with van der Waals surface area (Å²) in [5, 5.41) is 3.55. The second kappa shape index (κ2) is 12.1. The molecule has 1 atom stereocenters. The smallest absolute Gasteiger partial charge is 0.244 e. The number of carbonyl (C=O) groups excluding carboxylic acids is 2. The zero-order valence-electron chi connectivity index (χ0n) is 18.5. The van der Waals surface area contributed by atoms with Gasteiger partial charge in [0.15, 0.2) is 0 Å². The van der Waals surface area contributed by atoms with Gasteiger partial charge in [0.1, 0.15) is 12.6 Å². The minimum Gasteiger partial charge on any atom is -0.354 e. The summed E-state index contributed by atoms with van der Waals surface area (Å²) in [6, 6.07) is 10.7. The van der Waals surface area contributed by atoms with Crippen LogP contribution in [0, 0.1) is 0 Å². The van der Waals surface area contributed by atoms with Gasteiger partial charge >= 0.3 is 0 Å². The predicted octanol–water partition coefficient (Wildman–Crippen LogP) is 4.47. The number of sulfonamides is 1. The topological polar surface area (TPSA) is 86.8 Å². The van der Waals surface area contributed by atoms with Crippen molar-refractivity contribution in [2.45, 2.75) is 32.9 Å². The van der Waals surface area contributed by atoms with E-state index in [-0.39, 0.29) is 12.5 Å². The Morgan fingerprint density at radius 3 is 2.39 bits per heavy atom. The molecule has 2 amide bonds. The van der Waals surface area contributed by atoms with Crippen LogP contribution in [0.5, 0.6) is 0 Å². The van der Waals surface area contributed by atoms with E-state index in [2.05, 4.69) is 21.2 Å². The van der Waals surface area contributed by atoms with Crippen molar-refractivity contribution in [1.29, 1.82) is 0 Å². The molecule has 180 valence electrons. The largest absolute Gasteiger partial charge is 0.354 e. The number of anilines is 1. The number of rotatable bonds is 10. The Hall–Kier alpha value is -1.81. The molecule has 0 bridgehead atoms. The van der Waals surface area contributed by atoms with Gasteiger partial charge in [-0.1, -0.05) is 48.3 Å². The molecule has 0 saturated heterocycles. The summed E-state index contributed by atoms with van der Waals surface area (Å²) in [6.45, 7) is 3.49. The van der Waals surface area contributed by atoms with E-state index in [1.807, 2.05) is 6.92 Å². The van der Waals surface area contributed by atoms with Gasteiger partial charge in [-0.05, 0) is 59.1 Å². The Balaban J connectivity index is 2.42. The number of para-hydroxylation sites is 1. The number of nitrogens with one attached hydrogen (secondary N) is 1. The number of hydrogen-bond acceptors (Lipinski definition) is 4. The second-order valence-electron chi connectivity index (χ2n) is 7.45. The minimum atomic E-state index is -3.80. The third-order valence-electron chi connectivity index (χ3n) is 4.87. The first-order chi connectivity index (χ1) is 15.5. The van der Waals surface area contributed by atoms with Crippen molar-refractivity contribution >= 4 is 66.7 Å². The van der Waals surface area contributed by atoms with Crippen LogP contribution in [0.25, 0.3) is 0 Å². The first-order valence-corrected chi connectivity index (χ1v) is 13.6. The number of halogens is 3. The number of nitrogens with zero attached hydrogens (tertiary/aromatic N) is 2. The van der Waals surface area contributed by atoms with Gasteiger partial charge in [0.05, 0.1) is 11.9 Å². The second-order valence-corrected chi connectivity index (χ2v) is 11.1. The molecule has 0 aliphatic heterocycles. The molecular formula is C22H26BrCl2N3O4S. The minimum absolute atomic E-state index is 0.00308. The van der Waals surface area contributed by atoms with Crippen molar-refractivity contribution in [1.82, 2.24) is 10.2 Å². The molecule has 1 N–H and O–H groups in total. The van der Waals surface area contributed by atoms with Gasteiger partial charge in [0.2, 0.25) is 21.8 Å². The molecular weight excluding hydrogens is 553 g/mol. The van der Waals surface area contributed by atoms with Gasteiger partial charge in [0, 0.05) is 27.6 Å². The summed E-state index contributed by atoms with van der Waals surface area (Å²) in [5.41, 5.74) is 0.900. The monoisotopic (exact) mass is 577 g/mol. The fraction of sp³-hybridized carbons (Fsp3) is 0.364. The van der Waals surface area contributed by atoms with Gasteiger partial charge in [-0.15, -0.1) is 0 Å². The fourth-order valence-electron chi connectivity index (χ4n) is 3.06. The molecule has 0 radical (unpaired) electrons. The van der Waals surface area contributed by atoms with Crippen LogP contribution in [0.15, 0.2) is 46.9 Å². The lowest BCUT2D eigenvalue weighted by atomic mass is 10.1. The molecule has 0 saturated carbocycles. The number of benzene rings is 2. The average molecular weight is 579 g/mol. The molecule has 33 heavy (non-hydrogen) atoms. The number of hydrogen-bond donors (Lipinski definition) is 1. The van der Waals surface area contributed by atoms with Crippen molar-refractivity contribution in [3.63, 3.8) is 0 Å². The summed E-state index contributed by atoms with van der Waals surface area (Å²) in [7, 11) is -3.80. The highest BCUT2D eigenvalue weighted by Crippen LogP contribution is 2.28. The number of amides is 2. The Morgan fingerprint density at radius 1 is 1.15 bits per heavy atom. The highest BCUT2D eigenvalue weighted by Gasteiger charge is 2.30. The SMILES string of the molecule is CCCNC(=O)C(C)N(Cc1ccc(Cl)cc1Cl)C(=O)CN(c1ccccc1Br)S(C)(=O)=O. The third kappa shape index (κ3) is 7.60. The predicted molar refractivity (Wildman–Crippen MR) is 136 cm³/mol. The first-order valence-electron chi connectivity index (χ1n) is 10.2. The van der Waals surface area contributed by atoms with Gasteiger partial charge in [0.25, 0.3) is 0 Å². The molecule has 0 aliphatic carbocycles. The van der Waals surface area contributed by atoms with E-state index < -0.39 is 28.5 Å². The summed E-state index contributed by atoms with van der Waals surface area (Å²) in [6.07, 6.45) is 1.76. The maximum absolute atomic E-state index is 13.4. The van der Waals surface area contributed by atoms with Crippen LogP contribution in [-0.4, -0.2) is 50.5 Å². The average Bonchev–Trinajstić information content (AvgIpc) is 2.74. The first kappa shape index (κ1) is 27.4. The molecule has 0 spiro atoms. The molecule has 2 rings (SSSR count). The van der Waals surface area contributed by atoms with E-state index in [1.54, 1.807) is 49.4 Å². The lowest BCUT2D eigenvalue weighted by Gasteiger charge is -2.32. The summed E-state index contributed by atoms with van der Waals surface area (Å²) < 4.78 is 26.6. The lowest BCUT2D eigenvalue weighted by Crippen LogP contribution is -2.51. The molecule has 1 unspecified atom stereocenters. The van der Waals surface area contributed by atoms with Crippen LogP contribution >= 0.6 is 39.1 Å². The molecule has 0 fully saturated rings. The molecule has 0 aliphatic rings. The standard InChI is InChI=1S/C22H26BrCl2N3O4S/c1-4-11-26-22(30)15(2)27(13-16-9-10-17(24)12-19(16)25)21(29)14-28(33(3,31)32)20-8-6-5-7-18(20)23/h5-10,12,15H,4,11,13-14H2,1-3H3,(H,26,30). The zero-order chi connectivity index (χ0) is 24.8. The van der Waals surface area contributed by atoms with Crippen molar-refractivity contribution in [2.24, 2.45) is 0 Å². The third-order valence-corrected chi connectivity index (χ3v) is 7.26. The van der Waals surface area contributed by atoms with E-state index in [1.165, 1.54) is 4.90 Å². The van der Waals surface area contributed by atoms with E-state index in [0.717, 1.165) is 17.0 Å². The van der Waals surface area contributed by atoms with Crippen LogP contribution < -0.4 is 9.62 Å². The molecule has 2 aromatic rings. The zero-order valence-corrected chi connectivity index (χ0v) is 22.4. The maximum atomic E-state index is 13.4. The molecule has 0 heterocycles. The number of carbonyl (C=O) groups is 2. The van der Waals surface area contributed by atoms with Crippen molar-refractivity contribution in [2.75, 3.05) is 23.7 Å². The van der Waals surface area contributed by atoms with Crippen molar-refractivity contribution < 1.29 is 18.0 Å². The molecule has 0 aromatic heterocycles. The maximum Gasteiger partial charge on any atom is 0.244 e. The Kier molecular flexibility index (Phi) is 10.0. The van der Waals surface area contributed by atoms with Crippen LogP contribution in [0.4, 0.5) is 5.69 Å². The van der Waals surface area contributed by atoms with Crippen LogP contribution in [0.2, 0.25) is 10.0 Å². The van der Waals surface area contributed by atoms with E-state index in [0.29, 0.717) is 32.3 Å². The Morgan fingerprint density at radius 2 is 1.82 bits per heavy atom. The summed E-state index contributed by atoms with van der Waals surface area (Å²) >= 11 is 15.6. The van der Waals surface area contributed by atoms with E-state index >= 15 is 0 Å². The summed E-state index contributed by atoms with van der Waals surface area (Å²) in [5.74, 6) is -0.900. The highest BCUT2D eigenvalue weighted by atomic mass is 79.9. The van der Waals surface area contributed by atoms with Crippen LogP contribution in [-0.2, 0) is 26.2 Å². The van der Waals surface area contributed by atoms with Gasteiger partial charge in [-0.2, -0.15) is 0 Å². The molecule has 11 heteroatoms. The lowest BCUT2D eigenvalue weighted by molar-refractivity contribution is -0.139. The van der Waals surface area contributed by atoms with Gasteiger partial charge in [-0.25, -0.2) is 8.42 Å². The van der Waals surface area contributed by atoms with Gasteiger partial charge in [-0.3, -0.25) is 13.9 Å². The van der Waals surface area contributed by atoms with E-state index in [9.17, 15) is 18.0 Å². The Labute approximate surface area is 213 Å². The Bertz CT molecular complexity index is 1110. The van der Waals surface area contributed by atoms with E-state index in [4.69, 9.17) is 23.2 Å². The molecule has 7 nitrogen and oxygen atoms in total. The van der Waals surface area contributed by atoms with Crippen molar-refractivity contribution in [3.05, 3.63) is 62.5 Å². The normalized spacial score (nSPS) is 12.2. The van der Waals surface area contributed by atoms with Gasteiger partial charge < -0.3 is 10.2 Å². The van der Waals surface area contributed by atoms with Crippen LogP contribution in [0.1, 0.15) is 25.8 Å². The quantitative estimate of drug-likeness (QED) is 0.451.